The average molecular weight is 424 g/mol. The Balaban J connectivity index is 1.62. The fourth-order valence-corrected chi connectivity index (χ4v) is 3.68. The van der Waals surface area contributed by atoms with Crippen LogP contribution in [0.15, 0.2) is 48.5 Å². The van der Waals surface area contributed by atoms with Crippen LogP contribution in [0.1, 0.15) is 34.8 Å². The zero-order valence-corrected chi connectivity index (χ0v) is 17.9. The molecule has 8 nitrogen and oxygen atoms in total. The molecule has 1 fully saturated rings. The highest BCUT2D eigenvalue weighted by Crippen LogP contribution is 2.26. The van der Waals surface area contributed by atoms with Gasteiger partial charge in [0, 0.05) is 37.6 Å². The summed E-state index contributed by atoms with van der Waals surface area (Å²) < 4.78 is 0. The maximum absolute atomic E-state index is 12.4. The van der Waals surface area contributed by atoms with Crippen LogP contribution >= 0.6 is 0 Å². The first-order valence-corrected chi connectivity index (χ1v) is 10.4. The molecule has 0 aliphatic carbocycles. The minimum atomic E-state index is -0.755. The largest absolute Gasteiger partial charge is 0.378 e. The summed E-state index contributed by atoms with van der Waals surface area (Å²) in [4.78, 5) is 40.2. The van der Waals surface area contributed by atoms with Gasteiger partial charge in [0.2, 0.25) is 5.91 Å². The predicted octanol–water partition coefficient (Wildman–Crippen LogP) is 1.74. The number of likely N-dealkylation sites (tertiary alicyclic amines) is 1. The van der Waals surface area contributed by atoms with E-state index in [2.05, 4.69) is 39.8 Å². The number of anilines is 2. The van der Waals surface area contributed by atoms with Gasteiger partial charge in [-0.05, 0) is 67.9 Å². The summed E-state index contributed by atoms with van der Waals surface area (Å²) in [6.45, 7) is 2.27. The van der Waals surface area contributed by atoms with Gasteiger partial charge < -0.3 is 21.3 Å². The molecule has 4 N–H and O–H groups in total. The first kappa shape index (κ1) is 22.3. The zero-order chi connectivity index (χ0) is 22.4. The Hall–Kier alpha value is -3.39. The highest BCUT2D eigenvalue weighted by atomic mass is 16.2. The molecule has 1 aliphatic rings. The summed E-state index contributed by atoms with van der Waals surface area (Å²) in [6.07, 6.45) is 2.25. The van der Waals surface area contributed by atoms with E-state index in [4.69, 9.17) is 5.73 Å². The van der Waals surface area contributed by atoms with Crippen molar-refractivity contribution in [3.8, 4) is 0 Å². The van der Waals surface area contributed by atoms with Crippen LogP contribution in [0, 0.1) is 0 Å². The SMILES string of the molecule is CN(C)c1ccc([C@H](CNC(=O)C(=O)Nc2ccc(C(N)=O)cc2)N2CCCC2)cc1. The van der Waals surface area contributed by atoms with Gasteiger partial charge in [-0.1, -0.05) is 12.1 Å². The Morgan fingerprint density at radius 1 is 0.968 bits per heavy atom. The lowest BCUT2D eigenvalue weighted by Crippen LogP contribution is -2.41. The molecule has 1 saturated heterocycles. The van der Waals surface area contributed by atoms with Crippen molar-refractivity contribution >= 4 is 29.1 Å². The molecule has 0 unspecified atom stereocenters. The van der Waals surface area contributed by atoms with Crippen LogP contribution < -0.4 is 21.3 Å². The molecular formula is C23H29N5O3. The van der Waals surface area contributed by atoms with Gasteiger partial charge in [-0.15, -0.1) is 0 Å². The molecule has 0 saturated carbocycles. The minimum absolute atomic E-state index is 0.00492. The lowest BCUT2D eigenvalue weighted by molar-refractivity contribution is -0.136. The zero-order valence-electron chi connectivity index (χ0n) is 17.9. The number of primary amides is 1. The number of carbonyl (C=O) groups is 3. The van der Waals surface area contributed by atoms with Crippen molar-refractivity contribution in [1.82, 2.24) is 10.2 Å². The topological polar surface area (TPSA) is 108 Å². The fourth-order valence-electron chi connectivity index (χ4n) is 3.68. The van der Waals surface area contributed by atoms with Crippen molar-refractivity contribution in [1.29, 1.82) is 0 Å². The molecule has 3 rings (SSSR count). The summed E-state index contributed by atoms with van der Waals surface area (Å²) >= 11 is 0. The molecule has 164 valence electrons. The number of nitrogens with one attached hydrogen (secondary N) is 2. The number of rotatable bonds is 7. The normalized spacial score (nSPS) is 14.6. The van der Waals surface area contributed by atoms with Crippen LogP contribution in [0.4, 0.5) is 11.4 Å². The van der Waals surface area contributed by atoms with Crippen LogP contribution in [-0.4, -0.2) is 56.4 Å². The van der Waals surface area contributed by atoms with Crippen LogP contribution in [0.25, 0.3) is 0 Å². The first-order chi connectivity index (χ1) is 14.8. The third-order valence-electron chi connectivity index (χ3n) is 5.47. The van der Waals surface area contributed by atoms with Crippen LogP contribution in [0.2, 0.25) is 0 Å². The Bertz CT molecular complexity index is 919. The van der Waals surface area contributed by atoms with E-state index in [1.54, 1.807) is 0 Å². The van der Waals surface area contributed by atoms with Crippen molar-refractivity contribution in [3.63, 3.8) is 0 Å². The summed E-state index contributed by atoms with van der Waals surface area (Å²) in [5.74, 6) is -2.01. The molecule has 1 aliphatic heterocycles. The summed E-state index contributed by atoms with van der Waals surface area (Å²) in [6, 6.07) is 14.3. The van der Waals surface area contributed by atoms with Crippen molar-refractivity contribution in [3.05, 3.63) is 59.7 Å². The second kappa shape index (κ2) is 10.1. The van der Waals surface area contributed by atoms with Gasteiger partial charge in [0.25, 0.3) is 0 Å². The third kappa shape index (κ3) is 5.82. The number of benzene rings is 2. The third-order valence-corrected chi connectivity index (χ3v) is 5.47. The number of nitrogens with two attached hydrogens (primary N) is 1. The Kier molecular flexibility index (Phi) is 7.25. The maximum atomic E-state index is 12.4. The van der Waals surface area contributed by atoms with Gasteiger partial charge in [-0.3, -0.25) is 19.3 Å². The van der Waals surface area contributed by atoms with Gasteiger partial charge in [-0.25, -0.2) is 0 Å². The minimum Gasteiger partial charge on any atom is -0.378 e. The van der Waals surface area contributed by atoms with E-state index in [9.17, 15) is 14.4 Å². The number of hydrogen-bond donors (Lipinski definition) is 3. The summed E-state index contributed by atoms with van der Waals surface area (Å²) in [5.41, 5.74) is 8.17. The van der Waals surface area contributed by atoms with Crippen molar-refractivity contribution in [2.45, 2.75) is 18.9 Å². The van der Waals surface area contributed by atoms with Crippen molar-refractivity contribution in [2.75, 3.05) is 43.9 Å². The van der Waals surface area contributed by atoms with Gasteiger partial charge in [0.1, 0.15) is 0 Å². The summed E-state index contributed by atoms with van der Waals surface area (Å²) in [5, 5.41) is 5.31. The molecule has 1 atom stereocenters. The predicted molar refractivity (Wildman–Crippen MR) is 121 cm³/mol. The van der Waals surface area contributed by atoms with E-state index in [1.165, 1.54) is 24.3 Å². The highest BCUT2D eigenvalue weighted by Gasteiger charge is 2.25. The monoisotopic (exact) mass is 423 g/mol. The molecule has 0 bridgehead atoms. The van der Waals surface area contributed by atoms with Gasteiger partial charge >= 0.3 is 11.8 Å². The molecule has 2 aromatic carbocycles. The molecule has 0 aromatic heterocycles. The van der Waals surface area contributed by atoms with E-state index < -0.39 is 17.7 Å². The molecular weight excluding hydrogens is 394 g/mol. The molecule has 3 amide bonds. The second-order valence-electron chi connectivity index (χ2n) is 7.85. The van der Waals surface area contributed by atoms with Gasteiger partial charge in [-0.2, -0.15) is 0 Å². The molecule has 8 heteroatoms. The summed E-state index contributed by atoms with van der Waals surface area (Å²) in [7, 11) is 3.99. The lowest BCUT2D eigenvalue weighted by atomic mass is 10.0. The maximum Gasteiger partial charge on any atom is 0.313 e. The number of hydrogen-bond acceptors (Lipinski definition) is 5. The van der Waals surface area contributed by atoms with Crippen LogP contribution in [-0.2, 0) is 9.59 Å². The Labute approximate surface area is 182 Å². The van der Waals surface area contributed by atoms with E-state index in [-0.39, 0.29) is 6.04 Å². The lowest BCUT2D eigenvalue weighted by Gasteiger charge is -2.28. The van der Waals surface area contributed by atoms with E-state index in [0.717, 1.165) is 37.2 Å². The Morgan fingerprint density at radius 3 is 2.13 bits per heavy atom. The van der Waals surface area contributed by atoms with Gasteiger partial charge in [0.15, 0.2) is 0 Å². The molecule has 31 heavy (non-hydrogen) atoms. The number of nitrogens with zero attached hydrogens (tertiary/aromatic N) is 2. The molecule has 1 heterocycles. The standard InChI is InChI=1S/C23H29N5O3/c1-27(2)19-11-7-16(8-12-19)20(28-13-3-4-14-28)15-25-22(30)23(31)26-18-9-5-17(6-10-18)21(24)29/h5-12,20H,3-4,13-15H2,1-2H3,(H2,24,29)(H,25,30)(H,26,31)/t20-/m0/s1. The molecule has 0 radical (unpaired) electrons. The number of amides is 3. The van der Waals surface area contributed by atoms with Crippen LogP contribution in [0.5, 0.6) is 0 Å². The smallest absolute Gasteiger partial charge is 0.313 e. The van der Waals surface area contributed by atoms with Crippen molar-refractivity contribution in [2.24, 2.45) is 5.73 Å². The quantitative estimate of drug-likeness (QED) is 0.588. The average Bonchev–Trinajstić information content (AvgIpc) is 3.29. The Morgan fingerprint density at radius 2 is 1.58 bits per heavy atom. The second-order valence-corrected chi connectivity index (χ2v) is 7.85. The molecule has 0 spiro atoms. The van der Waals surface area contributed by atoms with E-state index in [1.807, 2.05) is 19.0 Å². The fraction of sp³-hybridized carbons (Fsp3) is 0.348. The van der Waals surface area contributed by atoms with E-state index >= 15 is 0 Å². The molecule has 2 aromatic rings. The highest BCUT2D eigenvalue weighted by molar-refractivity contribution is 6.39. The first-order valence-electron chi connectivity index (χ1n) is 10.4. The van der Waals surface area contributed by atoms with E-state index in [0.29, 0.717) is 17.8 Å². The van der Waals surface area contributed by atoms with Crippen LogP contribution in [0.3, 0.4) is 0 Å². The number of carbonyl (C=O) groups excluding carboxylic acids is 3. The van der Waals surface area contributed by atoms with Gasteiger partial charge in [0.05, 0.1) is 6.04 Å². The van der Waals surface area contributed by atoms with Crippen molar-refractivity contribution < 1.29 is 14.4 Å².